The molecule has 2 N–H and O–H groups in total. The van der Waals surface area contributed by atoms with Crippen LogP contribution in [0, 0.1) is 0 Å². The Morgan fingerprint density at radius 1 is 1.62 bits per heavy atom. The first-order chi connectivity index (χ1) is 3.71. The van der Waals surface area contributed by atoms with Crippen molar-refractivity contribution in [3.05, 3.63) is 0 Å². The van der Waals surface area contributed by atoms with Gasteiger partial charge in [-0.25, -0.2) is 0 Å². The van der Waals surface area contributed by atoms with Crippen molar-refractivity contribution in [1.82, 2.24) is 5.32 Å². The molecule has 1 rings (SSSR count). The number of nitrogens with one attached hydrogen (secondary N) is 1. The van der Waals surface area contributed by atoms with Crippen LogP contribution in [0.1, 0.15) is 6.42 Å². The number of rotatable bonds is 0. The summed E-state index contributed by atoms with van der Waals surface area (Å²) in [6, 6.07) is 1.08. The van der Waals surface area contributed by atoms with Crippen LogP contribution in [0.3, 0.4) is 0 Å². The molecule has 3 heteroatoms. The van der Waals surface area contributed by atoms with E-state index < -0.39 is 8.32 Å². The molecule has 1 aliphatic rings. The monoisotopic (exact) mass is 131 g/mol. The van der Waals surface area contributed by atoms with E-state index in [0.29, 0.717) is 0 Å². The Morgan fingerprint density at radius 3 is 2.62 bits per heavy atom. The van der Waals surface area contributed by atoms with Gasteiger partial charge in [0.15, 0.2) is 8.32 Å². The van der Waals surface area contributed by atoms with Gasteiger partial charge >= 0.3 is 0 Å². The minimum absolute atomic E-state index is 0.896. The van der Waals surface area contributed by atoms with Gasteiger partial charge in [-0.15, -0.1) is 0 Å². The van der Waals surface area contributed by atoms with Crippen molar-refractivity contribution in [3.8, 4) is 0 Å². The molecule has 0 amide bonds. The molecule has 0 aromatic rings. The van der Waals surface area contributed by atoms with Crippen LogP contribution < -0.4 is 5.32 Å². The number of hydrogen-bond acceptors (Lipinski definition) is 2. The predicted molar refractivity (Wildman–Crippen MR) is 36.1 cm³/mol. The lowest BCUT2D eigenvalue weighted by Gasteiger charge is -2.25. The fraction of sp³-hybridized carbons (Fsp3) is 1.00. The summed E-state index contributed by atoms with van der Waals surface area (Å²) in [5.41, 5.74) is 0. The first-order valence-electron chi connectivity index (χ1n) is 3.14. The van der Waals surface area contributed by atoms with E-state index in [0.717, 1.165) is 18.8 Å². The summed E-state index contributed by atoms with van der Waals surface area (Å²) in [4.78, 5) is 9.45. The Morgan fingerprint density at radius 2 is 2.38 bits per heavy atom. The number of hydrogen-bond donors (Lipinski definition) is 2. The van der Waals surface area contributed by atoms with Crippen molar-refractivity contribution in [2.75, 3.05) is 12.7 Å². The minimum atomic E-state index is -1.70. The minimum Gasteiger partial charge on any atom is -0.431 e. The molecular weight excluding hydrogens is 118 g/mol. The molecule has 0 bridgehead atoms. The fourth-order valence-electron chi connectivity index (χ4n) is 1.04. The quantitative estimate of drug-likeness (QED) is 0.457. The molecule has 0 aromatic heterocycles. The Kier molecular flexibility index (Phi) is 1.70. The molecule has 0 spiro atoms. The second-order valence-corrected chi connectivity index (χ2v) is 6.62. The van der Waals surface area contributed by atoms with Gasteiger partial charge in [-0.05, 0) is 25.6 Å². The van der Waals surface area contributed by atoms with E-state index in [-0.39, 0.29) is 0 Å². The highest BCUT2D eigenvalue weighted by atomic mass is 28.4. The van der Waals surface area contributed by atoms with Crippen LogP contribution in [0.2, 0.25) is 12.6 Å². The van der Waals surface area contributed by atoms with E-state index in [1.807, 2.05) is 6.55 Å². The molecule has 1 fully saturated rings. The highest BCUT2D eigenvalue weighted by Gasteiger charge is 2.25. The largest absolute Gasteiger partial charge is 0.431 e. The maximum Gasteiger partial charge on any atom is 0.199 e. The molecule has 0 radical (unpaired) electrons. The van der Waals surface area contributed by atoms with Crippen LogP contribution in [0.25, 0.3) is 0 Å². The third-order valence-electron chi connectivity index (χ3n) is 1.57. The van der Waals surface area contributed by atoms with E-state index in [4.69, 9.17) is 0 Å². The van der Waals surface area contributed by atoms with Gasteiger partial charge in [0.2, 0.25) is 0 Å². The summed E-state index contributed by atoms with van der Waals surface area (Å²) in [5.74, 6) is 0. The summed E-state index contributed by atoms with van der Waals surface area (Å²) in [7, 11) is -1.70. The van der Waals surface area contributed by atoms with E-state index in [1.54, 1.807) is 0 Å². The Bertz CT molecular complexity index is 76.5. The highest BCUT2D eigenvalue weighted by Crippen LogP contribution is 2.10. The van der Waals surface area contributed by atoms with Crippen molar-refractivity contribution in [2.24, 2.45) is 0 Å². The Labute approximate surface area is 51.0 Å². The van der Waals surface area contributed by atoms with Crippen LogP contribution in [0.4, 0.5) is 0 Å². The lowest BCUT2D eigenvalue weighted by atomic mass is 10.5. The molecule has 8 heavy (non-hydrogen) atoms. The summed E-state index contributed by atoms with van der Waals surface area (Å²) >= 11 is 0. The average Bonchev–Trinajstić information content (AvgIpc) is 1.65. The lowest BCUT2D eigenvalue weighted by molar-refractivity contribution is 0.499. The van der Waals surface area contributed by atoms with E-state index in [1.165, 1.54) is 6.42 Å². The fourth-order valence-corrected chi connectivity index (χ4v) is 2.87. The van der Waals surface area contributed by atoms with Crippen molar-refractivity contribution in [1.29, 1.82) is 0 Å². The summed E-state index contributed by atoms with van der Waals surface area (Å²) in [6.07, 6.45) is 2.06. The molecule has 1 atom stereocenters. The third-order valence-corrected chi connectivity index (χ3v) is 4.02. The zero-order valence-electron chi connectivity index (χ0n) is 5.28. The van der Waals surface area contributed by atoms with Crippen molar-refractivity contribution < 1.29 is 4.80 Å². The molecule has 1 heterocycles. The third kappa shape index (κ3) is 1.58. The van der Waals surface area contributed by atoms with Crippen LogP contribution in [-0.4, -0.2) is 25.8 Å². The van der Waals surface area contributed by atoms with Crippen molar-refractivity contribution >= 4 is 8.32 Å². The van der Waals surface area contributed by atoms with Crippen molar-refractivity contribution in [3.63, 3.8) is 0 Å². The van der Waals surface area contributed by atoms with Gasteiger partial charge < -0.3 is 10.1 Å². The molecule has 48 valence electrons. The van der Waals surface area contributed by atoms with Crippen LogP contribution in [0.15, 0.2) is 0 Å². The zero-order valence-corrected chi connectivity index (χ0v) is 6.28. The Balaban J connectivity index is 2.33. The van der Waals surface area contributed by atoms with Gasteiger partial charge in [-0.3, -0.25) is 0 Å². The van der Waals surface area contributed by atoms with E-state index in [9.17, 15) is 4.80 Å². The molecule has 0 aromatic carbocycles. The zero-order chi connectivity index (χ0) is 6.04. The first-order valence-corrected chi connectivity index (χ1v) is 6.00. The second kappa shape index (κ2) is 2.17. The van der Waals surface area contributed by atoms with Crippen LogP contribution in [0.5, 0.6) is 0 Å². The van der Waals surface area contributed by atoms with E-state index in [2.05, 4.69) is 5.32 Å². The SMILES string of the molecule is C[Si]1(O)CCCNC1. The second-order valence-electron chi connectivity index (χ2n) is 2.78. The van der Waals surface area contributed by atoms with E-state index >= 15 is 0 Å². The predicted octanol–water partition coefficient (Wildman–Crippen LogP) is 0.0865. The molecule has 0 aliphatic carbocycles. The van der Waals surface area contributed by atoms with Gasteiger partial charge in [0.25, 0.3) is 0 Å². The highest BCUT2D eigenvalue weighted by molar-refractivity contribution is 6.71. The molecular formula is C5H13NOSi. The Hall–Kier alpha value is 0.137. The van der Waals surface area contributed by atoms with Gasteiger partial charge in [-0.1, -0.05) is 0 Å². The van der Waals surface area contributed by atoms with Crippen LogP contribution >= 0.6 is 0 Å². The molecule has 2 nitrogen and oxygen atoms in total. The maximum atomic E-state index is 9.45. The molecule has 1 aliphatic heterocycles. The smallest absolute Gasteiger partial charge is 0.199 e. The lowest BCUT2D eigenvalue weighted by Crippen LogP contribution is -2.47. The summed E-state index contributed by atoms with van der Waals surface area (Å²) in [5, 5.41) is 3.19. The molecule has 1 unspecified atom stereocenters. The van der Waals surface area contributed by atoms with Gasteiger partial charge in [0, 0.05) is 6.17 Å². The van der Waals surface area contributed by atoms with Gasteiger partial charge in [-0.2, -0.15) is 0 Å². The molecule has 1 saturated heterocycles. The average molecular weight is 131 g/mol. The van der Waals surface area contributed by atoms with Gasteiger partial charge in [0.05, 0.1) is 0 Å². The van der Waals surface area contributed by atoms with Crippen molar-refractivity contribution in [2.45, 2.75) is 19.0 Å². The van der Waals surface area contributed by atoms with Crippen LogP contribution in [-0.2, 0) is 0 Å². The summed E-state index contributed by atoms with van der Waals surface area (Å²) in [6.45, 7) is 3.11. The first kappa shape index (κ1) is 6.26. The summed E-state index contributed by atoms with van der Waals surface area (Å²) < 4.78 is 0. The topological polar surface area (TPSA) is 32.3 Å². The maximum absolute atomic E-state index is 9.45. The molecule has 0 saturated carbocycles. The standard InChI is InChI=1S/C5H13NOSi/c1-8(7)4-2-3-6-5-8/h6-7H,2-5H2,1H3. The van der Waals surface area contributed by atoms with Gasteiger partial charge in [0.1, 0.15) is 0 Å². The normalized spacial score (nSPS) is 39.8.